The summed E-state index contributed by atoms with van der Waals surface area (Å²) < 4.78 is 0. The molecule has 4 nitrogen and oxygen atoms in total. The number of halogens is 1. The normalized spacial score (nSPS) is 21.9. The number of nitrogens with zero attached hydrogens (tertiary/aromatic N) is 1. The van der Waals surface area contributed by atoms with Gasteiger partial charge in [-0.25, -0.2) is 0 Å². The zero-order chi connectivity index (χ0) is 15.4. The van der Waals surface area contributed by atoms with E-state index in [1.807, 2.05) is 11.9 Å². The van der Waals surface area contributed by atoms with Crippen LogP contribution < -0.4 is 11.3 Å². The fourth-order valence-electron chi connectivity index (χ4n) is 3.12. The van der Waals surface area contributed by atoms with Crippen LogP contribution >= 0.6 is 11.6 Å². The molecule has 1 aromatic carbocycles. The lowest BCUT2D eigenvalue weighted by Gasteiger charge is -2.34. The minimum Gasteiger partial charge on any atom is -0.339 e. The van der Waals surface area contributed by atoms with Crippen molar-refractivity contribution in [3.63, 3.8) is 0 Å². The molecule has 1 aromatic rings. The SMILES string of the molecule is CCC1CCC(N(C)C(=O)c2cc(Cl)ccc2NN)CC1. The van der Waals surface area contributed by atoms with E-state index in [0.29, 0.717) is 22.3 Å². The number of amides is 1. The van der Waals surface area contributed by atoms with E-state index in [4.69, 9.17) is 17.4 Å². The number of hydrogen-bond donors (Lipinski definition) is 2. The minimum atomic E-state index is -0.0228. The second kappa shape index (κ2) is 7.14. The molecule has 2 rings (SSSR count). The van der Waals surface area contributed by atoms with Crippen molar-refractivity contribution in [2.24, 2.45) is 11.8 Å². The third kappa shape index (κ3) is 3.69. The number of hydrazine groups is 1. The van der Waals surface area contributed by atoms with Crippen molar-refractivity contribution in [3.05, 3.63) is 28.8 Å². The molecule has 0 bridgehead atoms. The van der Waals surface area contributed by atoms with Gasteiger partial charge in [-0.05, 0) is 49.8 Å². The topological polar surface area (TPSA) is 58.4 Å². The Morgan fingerprint density at radius 2 is 2.05 bits per heavy atom. The summed E-state index contributed by atoms with van der Waals surface area (Å²) in [7, 11) is 1.88. The van der Waals surface area contributed by atoms with E-state index in [1.54, 1.807) is 18.2 Å². The van der Waals surface area contributed by atoms with Gasteiger partial charge in [0.25, 0.3) is 5.91 Å². The molecule has 1 saturated carbocycles. The lowest BCUT2D eigenvalue weighted by Crippen LogP contribution is -2.39. The van der Waals surface area contributed by atoms with E-state index in [9.17, 15) is 4.79 Å². The number of rotatable bonds is 4. The molecule has 1 amide bonds. The first kappa shape index (κ1) is 16.1. The Kier molecular flexibility index (Phi) is 5.48. The van der Waals surface area contributed by atoms with Gasteiger partial charge in [0.05, 0.1) is 11.3 Å². The highest BCUT2D eigenvalue weighted by Crippen LogP contribution is 2.30. The first-order valence-corrected chi connectivity index (χ1v) is 7.98. The summed E-state index contributed by atoms with van der Waals surface area (Å²) in [6.07, 6.45) is 5.80. The fraction of sp³-hybridized carbons (Fsp3) is 0.562. The predicted octanol–water partition coefficient (Wildman–Crippen LogP) is 3.67. The molecule has 116 valence electrons. The van der Waals surface area contributed by atoms with E-state index in [2.05, 4.69) is 12.3 Å². The summed E-state index contributed by atoms with van der Waals surface area (Å²) >= 11 is 6.01. The second-order valence-corrected chi connectivity index (χ2v) is 6.27. The largest absolute Gasteiger partial charge is 0.339 e. The Morgan fingerprint density at radius 1 is 1.38 bits per heavy atom. The van der Waals surface area contributed by atoms with Gasteiger partial charge in [-0.3, -0.25) is 10.6 Å². The fourth-order valence-corrected chi connectivity index (χ4v) is 3.29. The zero-order valence-electron chi connectivity index (χ0n) is 12.7. The molecule has 0 heterocycles. The van der Waals surface area contributed by atoms with E-state index >= 15 is 0 Å². The maximum absolute atomic E-state index is 12.7. The Labute approximate surface area is 131 Å². The van der Waals surface area contributed by atoms with Crippen LogP contribution in [-0.2, 0) is 0 Å². The first-order valence-electron chi connectivity index (χ1n) is 7.60. The molecule has 0 atom stereocenters. The quantitative estimate of drug-likeness (QED) is 0.659. The molecule has 21 heavy (non-hydrogen) atoms. The number of carbonyl (C=O) groups is 1. The van der Waals surface area contributed by atoms with Crippen LogP contribution in [0.1, 0.15) is 49.4 Å². The van der Waals surface area contributed by atoms with Crippen LogP contribution in [0.25, 0.3) is 0 Å². The van der Waals surface area contributed by atoms with Gasteiger partial charge in [-0.2, -0.15) is 0 Å². The van der Waals surface area contributed by atoms with Crippen LogP contribution in [-0.4, -0.2) is 23.9 Å². The average molecular weight is 310 g/mol. The van der Waals surface area contributed by atoms with E-state index in [0.717, 1.165) is 18.8 Å². The Hall–Kier alpha value is -1.26. The van der Waals surface area contributed by atoms with Gasteiger partial charge in [0.2, 0.25) is 0 Å². The second-order valence-electron chi connectivity index (χ2n) is 5.83. The highest BCUT2D eigenvalue weighted by molar-refractivity contribution is 6.31. The van der Waals surface area contributed by atoms with Crippen LogP contribution in [0.5, 0.6) is 0 Å². The summed E-state index contributed by atoms with van der Waals surface area (Å²) in [5, 5.41) is 0.542. The molecule has 0 radical (unpaired) electrons. The molecule has 0 spiro atoms. The molecule has 0 unspecified atom stereocenters. The van der Waals surface area contributed by atoms with Gasteiger partial charge in [0.1, 0.15) is 0 Å². The number of nitrogens with two attached hydrogens (primary N) is 1. The van der Waals surface area contributed by atoms with Crippen molar-refractivity contribution in [1.82, 2.24) is 4.90 Å². The zero-order valence-corrected chi connectivity index (χ0v) is 13.5. The van der Waals surface area contributed by atoms with E-state index < -0.39 is 0 Å². The standard InChI is InChI=1S/C16H24ClN3O/c1-3-11-4-7-13(8-5-11)20(2)16(21)14-10-12(17)6-9-15(14)19-18/h6,9-11,13,19H,3-5,7-8,18H2,1-2H3. The number of anilines is 1. The molecule has 0 aliphatic heterocycles. The van der Waals surface area contributed by atoms with Crippen LogP contribution in [0, 0.1) is 5.92 Å². The Balaban J connectivity index is 2.11. The molecular formula is C16H24ClN3O. The van der Waals surface area contributed by atoms with Crippen LogP contribution in [0.15, 0.2) is 18.2 Å². The minimum absolute atomic E-state index is 0.0228. The number of benzene rings is 1. The van der Waals surface area contributed by atoms with Gasteiger partial charge in [-0.1, -0.05) is 24.9 Å². The van der Waals surface area contributed by atoms with Gasteiger partial charge in [0, 0.05) is 18.1 Å². The lowest BCUT2D eigenvalue weighted by molar-refractivity contribution is 0.0675. The number of nitrogen functional groups attached to an aromatic ring is 1. The van der Waals surface area contributed by atoms with E-state index in [-0.39, 0.29) is 5.91 Å². The number of hydrogen-bond acceptors (Lipinski definition) is 3. The van der Waals surface area contributed by atoms with Crippen molar-refractivity contribution >= 4 is 23.2 Å². The Bertz CT molecular complexity index is 498. The van der Waals surface area contributed by atoms with Crippen molar-refractivity contribution < 1.29 is 4.79 Å². The van der Waals surface area contributed by atoms with Crippen molar-refractivity contribution in [3.8, 4) is 0 Å². The summed E-state index contributed by atoms with van der Waals surface area (Å²) in [6.45, 7) is 2.24. The highest BCUT2D eigenvalue weighted by atomic mass is 35.5. The number of nitrogens with one attached hydrogen (secondary N) is 1. The van der Waals surface area contributed by atoms with E-state index in [1.165, 1.54) is 19.3 Å². The monoisotopic (exact) mass is 309 g/mol. The third-order valence-electron chi connectivity index (χ3n) is 4.63. The molecular weight excluding hydrogens is 286 g/mol. The molecule has 5 heteroatoms. The van der Waals surface area contributed by atoms with Gasteiger partial charge < -0.3 is 10.3 Å². The summed E-state index contributed by atoms with van der Waals surface area (Å²) in [4.78, 5) is 14.5. The maximum Gasteiger partial charge on any atom is 0.256 e. The Morgan fingerprint density at radius 3 is 2.62 bits per heavy atom. The van der Waals surface area contributed by atoms with Crippen LogP contribution in [0.4, 0.5) is 5.69 Å². The van der Waals surface area contributed by atoms with Crippen molar-refractivity contribution in [2.75, 3.05) is 12.5 Å². The van der Waals surface area contributed by atoms with Crippen molar-refractivity contribution in [2.45, 2.75) is 45.1 Å². The molecule has 1 fully saturated rings. The maximum atomic E-state index is 12.7. The van der Waals surface area contributed by atoms with Crippen molar-refractivity contribution in [1.29, 1.82) is 0 Å². The summed E-state index contributed by atoms with van der Waals surface area (Å²) in [5.41, 5.74) is 3.71. The molecule has 3 N–H and O–H groups in total. The van der Waals surface area contributed by atoms with Crippen LogP contribution in [0.3, 0.4) is 0 Å². The summed E-state index contributed by atoms with van der Waals surface area (Å²) in [6, 6.07) is 5.44. The highest BCUT2D eigenvalue weighted by Gasteiger charge is 2.27. The summed E-state index contributed by atoms with van der Waals surface area (Å²) in [5.74, 6) is 6.28. The van der Waals surface area contributed by atoms with Gasteiger partial charge >= 0.3 is 0 Å². The van der Waals surface area contributed by atoms with Crippen LogP contribution in [0.2, 0.25) is 5.02 Å². The molecule has 0 aromatic heterocycles. The predicted molar refractivity (Wildman–Crippen MR) is 87.4 cm³/mol. The van der Waals surface area contributed by atoms with Gasteiger partial charge in [0.15, 0.2) is 0 Å². The average Bonchev–Trinajstić information content (AvgIpc) is 2.53. The number of carbonyl (C=O) groups excluding carboxylic acids is 1. The smallest absolute Gasteiger partial charge is 0.256 e. The molecule has 0 saturated heterocycles. The first-order chi connectivity index (χ1) is 10.1. The molecule has 1 aliphatic carbocycles. The molecule has 1 aliphatic rings. The lowest BCUT2D eigenvalue weighted by atomic mass is 9.84. The third-order valence-corrected chi connectivity index (χ3v) is 4.86. The van der Waals surface area contributed by atoms with Gasteiger partial charge in [-0.15, -0.1) is 0 Å².